The van der Waals surface area contributed by atoms with Crippen LogP contribution in [0.4, 0.5) is 0 Å². The highest BCUT2D eigenvalue weighted by Gasteiger charge is 2.17. The number of thioether (sulfide) groups is 1. The van der Waals surface area contributed by atoms with Crippen LogP contribution in [-0.2, 0) is 19.3 Å². The van der Waals surface area contributed by atoms with Crippen molar-refractivity contribution in [3.05, 3.63) is 17.5 Å². The molecule has 1 amide bonds. The van der Waals surface area contributed by atoms with E-state index in [1.54, 1.807) is 14.1 Å². The Morgan fingerprint density at radius 1 is 1.43 bits per heavy atom. The van der Waals surface area contributed by atoms with Crippen molar-refractivity contribution in [3.8, 4) is 0 Å². The van der Waals surface area contributed by atoms with Gasteiger partial charge in [-0.1, -0.05) is 16.9 Å². The molecule has 1 N–H and O–H groups in total. The van der Waals surface area contributed by atoms with E-state index < -0.39 is 0 Å². The fourth-order valence-corrected chi connectivity index (χ4v) is 2.28. The molecule has 0 aromatic carbocycles. The number of nitrogens with zero attached hydrogens (tertiary/aromatic N) is 6. The lowest BCUT2D eigenvalue weighted by Crippen LogP contribution is -2.21. The fourth-order valence-electron chi connectivity index (χ4n) is 1.50. The maximum atomic E-state index is 11.7. The van der Waals surface area contributed by atoms with Crippen molar-refractivity contribution >= 4 is 17.7 Å². The summed E-state index contributed by atoms with van der Waals surface area (Å²) in [6.07, 6.45) is 0. The number of nitrogens with one attached hydrogen (secondary N) is 1. The van der Waals surface area contributed by atoms with Crippen LogP contribution in [0.5, 0.6) is 0 Å². The average Bonchev–Trinajstić information content (AvgIpc) is 3.05. The molecule has 0 radical (unpaired) electrons. The lowest BCUT2D eigenvalue weighted by atomic mass is 10.5. The van der Waals surface area contributed by atoms with E-state index in [1.807, 2.05) is 18.7 Å². The summed E-state index contributed by atoms with van der Waals surface area (Å²) in [6.45, 7) is 0.647. The second-order valence-electron chi connectivity index (χ2n) is 4.49. The van der Waals surface area contributed by atoms with Crippen LogP contribution in [0.3, 0.4) is 0 Å². The molecule has 2 rings (SSSR count). The molecule has 0 unspecified atom stereocenters. The average molecular weight is 311 g/mol. The zero-order chi connectivity index (χ0) is 15.4. The maximum Gasteiger partial charge on any atom is 0.316 e. The fraction of sp³-hybridized carbons (Fsp3) is 0.545. The Bertz CT molecular complexity index is 622. The highest BCUT2D eigenvalue weighted by Crippen LogP contribution is 2.19. The zero-order valence-corrected chi connectivity index (χ0v) is 13.1. The number of aromatic nitrogens is 5. The van der Waals surface area contributed by atoms with Gasteiger partial charge in [0.1, 0.15) is 5.82 Å². The van der Waals surface area contributed by atoms with Crippen LogP contribution in [0, 0.1) is 0 Å². The van der Waals surface area contributed by atoms with Gasteiger partial charge in [-0.2, -0.15) is 4.98 Å². The number of carbonyl (C=O) groups is 1. The van der Waals surface area contributed by atoms with E-state index in [2.05, 4.69) is 25.7 Å². The predicted octanol–water partition coefficient (Wildman–Crippen LogP) is -0.0884. The molecular weight excluding hydrogens is 294 g/mol. The van der Waals surface area contributed by atoms with Gasteiger partial charge in [0.05, 0.1) is 12.3 Å². The van der Waals surface area contributed by atoms with E-state index >= 15 is 0 Å². The van der Waals surface area contributed by atoms with Gasteiger partial charge < -0.3 is 19.3 Å². The third-order valence-corrected chi connectivity index (χ3v) is 3.66. The van der Waals surface area contributed by atoms with Crippen LogP contribution >= 0.6 is 11.8 Å². The van der Waals surface area contributed by atoms with E-state index in [0.717, 1.165) is 11.0 Å². The number of carbonyl (C=O) groups excluding carboxylic acids is 1. The molecule has 9 nitrogen and oxygen atoms in total. The second-order valence-corrected chi connectivity index (χ2v) is 5.43. The molecule has 2 aromatic rings. The summed E-state index contributed by atoms with van der Waals surface area (Å²) in [5.41, 5.74) is 0. The minimum Gasteiger partial charge on any atom is -0.341 e. The third kappa shape index (κ3) is 3.58. The Morgan fingerprint density at radius 3 is 2.86 bits per heavy atom. The normalized spacial score (nSPS) is 10.9. The largest absolute Gasteiger partial charge is 0.341 e. The molecule has 0 aliphatic rings. The minimum atomic E-state index is -0.311. The van der Waals surface area contributed by atoms with Crippen LogP contribution in [0.1, 0.15) is 22.3 Å². The third-order valence-electron chi connectivity index (χ3n) is 2.65. The molecule has 0 atom stereocenters. The second kappa shape index (κ2) is 6.68. The van der Waals surface area contributed by atoms with Crippen molar-refractivity contribution < 1.29 is 9.32 Å². The summed E-state index contributed by atoms with van der Waals surface area (Å²) >= 11 is 1.43. The van der Waals surface area contributed by atoms with Gasteiger partial charge in [0.15, 0.2) is 11.0 Å². The number of rotatable bonds is 6. The Hall–Kier alpha value is -1.94. The van der Waals surface area contributed by atoms with Crippen molar-refractivity contribution in [3.63, 3.8) is 0 Å². The predicted molar refractivity (Wildman–Crippen MR) is 75.6 cm³/mol. The quantitative estimate of drug-likeness (QED) is 0.739. The Balaban J connectivity index is 1.99. The molecule has 0 spiro atoms. The standard InChI is InChI=1S/C11H17N7O2S/c1-12-5-8-14-15-11(18(8)4)21-6-7-13-9(20-16-7)10(19)17(2)3/h12H,5-6H2,1-4H3. The van der Waals surface area contributed by atoms with E-state index in [-0.39, 0.29) is 11.8 Å². The first-order chi connectivity index (χ1) is 10.0. The van der Waals surface area contributed by atoms with Crippen LogP contribution in [-0.4, -0.2) is 56.9 Å². The summed E-state index contributed by atoms with van der Waals surface area (Å²) < 4.78 is 6.83. The van der Waals surface area contributed by atoms with Crippen molar-refractivity contribution in [2.75, 3.05) is 21.1 Å². The Labute approximate surface area is 126 Å². The van der Waals surface area contributed by atoms with Crippen LogP contribution in [0.15, 0.2) is 9.68 Å². The van der Waals surface area contributed by atoms with Crippen molar-refractivity contribution in [2.45, 2.75) is 17.5 Å². The molecule has 0 saturated heterocycles. The van der Waals surface area contributed by atoms with Gasteiger partial charge in [0, 0.05) is 21.1 Å². The Morgan fingerprint density at radius 2 is 2.19 bits per heavy atom. The van der Waals surface area contributed by atoms with Gasteiger partial charge in [-0.25, -0.2) is 0 Å². The molecular formula is C11H17N7O2S. The van der Waals surface area contributed by atoms with Gasteiger partial charge >= 0.3 is 11.8 Å². The van der Waals surface area contributed by atoms with Gasteiger partial charge in [-0.3, -0.25) is 4.79 Å². The number of hydrogen-bond acceptors (Lipinski definition) is 8. The van der Waals surface area contributed by atoms with Crippen LogP contribution in [0.2, 0.25) is 0 Å². The zero-order valence-electron chi connectivity index (χ0n) is 12.3. The molecule has 0 saturated carbocycles. The molecule has 21 heavy (non-hydrogen) atoms. The maximum absolute atomic E-state index is 11.7. The summed E-state index contributed by atoms with van der Waals surface area (Å²) in [5, 5.41) is 15.7. The van der Waals surface area contributed by atoms with Gasteiger partial charge in [-0.15, -0.1) is 10.2 Å². The summed E-state index contributed by atoms with van der Waals surface area (Å²) in [5.74, 6) is 1.42. The first kappa shape index (κ1) is 15.4. The Kier molecular flexibility index (Phi) is 4.91. The molecule has 2 heterocycles. The lowest BCUT2D eigenvalue weighted by Gasteiger charge is -2.04. The van der Waals surface area contributed by atoms with E-state index in [4.69, 9.17) is 4.52 Å². The molecule has 0 fully saturated rings. The number of amides is 1. The summed E-state index contributed by atoms with van der Waals surface area (Å²) in [6, 6.07) is 0. The SMILES string of the molecule is CNCc1nnc(SCc2noc(C(=O)N(C)C)n2)n1C. The molecule has 10 heteroatoms. The number of hydrogen-bond donors (Lipinski definition) is 1. The first-order valence-electron chi connectivity index (χ1n) is 6.22. The van der Waals surface area contributed by atoms with Crippen molar-refractivity contribution in [1.82, 2.24) is 35.1 Å². The monoisotopic (exact) mass is 311 g/mol. The molecule has 2 aromatic heterocycles. The molecule has 114 valence electrons. The van der Waals surface area contributed by atoms with E-state index in [1.165, 1.54) is 16.7 Å². The molecule has 0 aliphatic carbocycles. The lowest BCUT2D eigenvalue weighted by molar-refractivity contribution is 0.0779. The molecule has 0 aliphatic heterocycles. The van der Waals surface area contributed by atoms with Crippen molar-refractivity contribution in [1.29, 1.82) is 0 Å². The first-order valence-corrected chi connectivity index (χ1v) is 7.21. The van der Waals surface area contributed by atoms with E-state index in [0.29, 0.717) is 18.1 Å². The van der Waals surface area contributed by atoms with E-state index in [9.17, 15) is 4.79 Å². The minimum absolute atomic E-state index is 0.00978. The van der Waals surface area contributed by atoms with Crippen LogP contribution < -0.4 is 5.32 Å². The summed E-state index contributed by atoms with van der Waals surface area (Å²) in [4.78, 5) is 17.1. The highest BCUT2D eigenvalue weighted by atomic mass is 32.2. The van der Waals surface area contributed by atoms with Crippen molar-refractivity contribution in [2.24, 2.45) is 7.05 Å². The highest BCUT2D eigenvalue weighted by molar-refractivity contribution is 7.98. The topological polar surface area (TPSA) is 102 Å². The van der Waals surface area contributed by atoms with Gasteiger partial charge in [0.25, 0.3) is 0 Å². The van der Waals surface area contributed by atoms with Crippen LogP contribution in [0.25, 0.3) is 0 Å². The molecule has 0 bridgehead atoms. The smallest absolute Gasteiger partial charge is 0.316 e. The summed E-state index contributed by atoms with van der Waals surface area (Å²) in [7, 11) is 7.00. The van der Waals surface area contributed by atoms with Gasteiger partial charge in [-0.05, 0) is 7.05 Å². The van der Waals surface area contributed by atoms with Gasteiger partial charge in [0.2, 0.25) is 0 Å².